The molecule has 1 unspecified atom stereocenters. The molecule has 0 aliphatic carbocycles. The van der Waals surface area contributed by atoms with Gasteiger partial charge in [-0.1, -0.05) is 6.92 Å². The van der Waals surface area contributed by atoms with Crippen LogP contribution in [-0.4, -0.2) is 24.9 Å². The maximum absolute atomic E-state index is 10.5. The van der Waals surface area contributed by atoms with Crippen molar-refractivity contribution in [3.8, 4) is 0 Å². The van der Waals surface area contributed by atoms with E-state index in [1.54, 1.807) is 0 Å². The number of primary amides is 2. The van der Waals surface area contributed by atoms with Crippen molar-refractivity contribution in [1.82, 2.24) is 0 Å². The summed E-state index contributed by atoms with van der Waals surface area (Å²) in [6, 6.07) is 0. The van der Waals surface area contributed by atoms with Crippen LogP contribution in [0, 0.1) is 0 Å². The minimum Gasteiger partial charge on any atom is -0.450 e. The topological polar surface area (TPSA) is 105 Å². The Labute approximate surface area is 95.3 Å². The van der Waals surface area contributed by atoms with Crippen LogP contribution in [-0.2, 0) is 9.47 Å². The van der Waals surface area contributed by atoms with Crippen LogP contribution in [0.1, 0.15) is 39.0 Å². The largest absolute Gasteiger partial charge is 0.450 e. The van der Waals surface area contributed by atoms with Crippen molar-refractivity contribution in [3.05, 3.63) is 0 Å². The predicted octanol–water partition coefficient (Wildman–Crippen LogP) is 1.52. The second-order valence-electron chi connectivity index (χ2n) is 3.48. The number of hydrogen-bond acceptors (Lipinski definition) is 4. The summed E-state index contributed by atoms with van der Waals surface area (Å²) >= 11 is 0. The van der Waals surface area contributed by atoms with Crippen LogP contribution in [0.4, 0.5) is 9.59 Å². The minimum atomic E-state index is -0.747. The highest BCUT2D eigenvalue weighted by molar-refractivity contribution is 5.64. The van der Waals surface area contributed by atoms with E-state index in [0.29, 0.717) is 6.61 Å². The zero-order chi connectivity index (χ0) is 12.4. The first-order chi connectivity index (χ1) is 7.56. The van der Waals surface area contributed by atoms with Crippen LogP contribution in [0.3, 0.4) is 0 Å². The van der Waals surface area contributed by atoms with Crippen LogP contribution in [0.2, 0.25) is 0 Å². The average molecular weight is 232 g/mol. The standard InChI is InChI=1S/C10H20N2O4/c1-2-8(16-10(12)14)6-4-3-5-7-15-9(11)13/h8H,2-7H2,1H3,(H2,11,13)(H2,12,14). The monoisotopic (exact) mass is 232 g/mol. The number of amides is 2. The van der Waals surface area contributed by atoms with Crippen molar-refractivity contribution in [1.29, 1.82) is 0 Å². The average Bonchev–Trinajstić information content (AvgIpc) is 2.20. The molecule has 94 valence electrons. The van der Waals surface area contributed by atoms with Gasteiger partial charge >= 0.3 is 12.2 Å². The summed E-state index contributed by atoms with van der Waals surface area (Å²) < 4.78 is 9.45. The molecule has 0 rings (SSSR count). The molecule has 0 bridgehead atoms. The number of hydrogen-bond donors (Lipinski definition) is 2. The van der Waals surface area contributed by atoms with Crippen molar-refractivity contribution in [2.45, 2.75) is 45.1 Å². The van der Waals surface area contributed by atoms with E-state index < -0.39 is 12.2 Å². The normalized spacial score (nSPS) is 11.8. The van der Waals surface area contributed by atoms with E-state index >= 15 is 0 Å². The quantitative estimate of drug-likeness (QED) is 0.619. The molecule has 0 aromatic carbocycles. The number of nitrogens with two attached hydrogens (primary N) is 2. The molecule has 4 N–H and O–H groups in total. The number of unbranched alkanes of at least 4 members (excludes halogenated alkanes) is 2. The number of ether oxygens (including phenoxy) is 2. The van der Waals surface area contributed by atoms with Gasteiger partial charge in [0.25, 0.3) is 0 Å². The second kappa shape index (κ2) is 8.82. The van der Waals surface area contributed by atoms with Gasteiger partial charge in [-0.05, 0) is 32.1 Å². The SMILES string of the molecule is CCC(CCCCCOC(N)=O)OC(N)=O. The second-order valence-corrected chi connectivity index (χ2v) is 3.48. The van der Waals surface area contributed by atoms with Gasteiger partial charge in [0.15, 0.2) is 0 Å². The molecule has 0 aromatic heterocycles. The zero-order valence-corrected chi connectivity index (χ0v) is 9.61. The van der Waals surface area contributed by atoms with Crippen molar-refractivity contribution in [2.24, 2.45) is 11.5 Å². The highest BCUT2D eigenvalue weighted by Crippen LogP contribution is 2.10. The molecule has 16 heavy (non-hydrogen) atoms. The van der Waals surface area contributed by atoms with Gasteiger partial charge in [-0.3, -0.25) is 0 Å². The van der Waals surface area contributed by atoms with E-state index in [4.69, 9.17) is 16.2 Å². The number of carbonyl (C=O) groups excluding carboxylic acids is 2. The molecule has 0 aliphatic rings. The van der Waals surface area contributed by atoms with Gasteiger partial charge in [0, 0.05) is 0 Å². The Morgan fingerprint density at radius 1 is 1.12 bits per heavy atom. The zero-order valence-electron chi connectivity index (χ0n) is 9.61. The van der Waals surface area contributed by atoms with E-state index in [-0.39, 0.29) is 6.10 Å². The van der Waals surface area contributed by atoms with Crippen LogP contribution >= 0.6 is 0 Å². The van der Waals surface area contributed by atoms with Crippen LogP contribution in [0.5, 0.6) is 0 Å². The van der Waals surface area contributed by atoms with Crippen LogP contribution in [0.25, 0.3) is 0 Å². The highest BCUT2D eigenvalue weighted by Gasteiger charge is 2.09. The van der Waals surface area contributed by atoms with Crippen molar-refractivity contribution in [3.63, 3.8) is 0 Å². The Morgan fingerprint density at radius 2 is 1.81 bits per heavy atom. The lowest BCUT2D eigenvalue weighted by Crippen LogP contribution is -2.22. The smallest absolute Gasteiger partial charge is 0.404 e. The Kier molecular flexibility index (Phi) is 8.01. The summed E-state index contributed by atoms with van der Waals surface area (Å²) in [4.78, 5) is 20.7. The maximum Gasteiger partial charge on any atom is 0.404 e. The molecule has 0 saturated heterocycles. The summed E-state index contributed by atoms with van der Waals surface area (Å²) in [7, 11) is 0. The number of carbonyl (C=O) groups is 2. The lowest BCUT2D eigenvalue weighted by atomic mass is 10.1. The lowest BCUT2D eigenvalue weighted by Gasteiger charge is -2.13. The van der Waals surface area contributed by atoms with E-state index in [0.717, 1.165) is 32.1 Å². The highest BCUT2D eigenvalue weighted by atomic mass is 16.6. The van der Waals surface area contributed by atoms with Crippen molar-refractivity contribution < 1.29 is 19.1 Å². The molecule has 0 fully saturated rings. The molecule has 6 nitrogen and oxygen atoms in total. The number of rotatable bonds is 8. The maximum atomic E-state index is 10.5. The van der Waals surface area contributed by atoms with Gasteiger partial charge in [-0.2, -0.15) is 0 Å². The predicted molar refractivity (Wildman–Crippen MR) is 58.8 cm³/mol. The molecule has 6 heteroatoms. The van der Waals surface area contributed by atoms with Gasteiger partial charge < -0.3 is 20.9 Å². The van der Waals surface area contributed by atoms with Gasteiger partial charge in [0.05, 0.1) is 6.61 Å². The fraction of sp³-hybridized carbons (Fsp3) is 0.800. The summed E-state index contributed by atoms with van der Waals surface area (Å²) in [5, 5.41) is 0. The fourth-order valence-electron chi connectivity index (χ4n) is 1.33. The Morgan fingerprint density at radius 3 is 2.31 bits per heavy atom. The molecule has 0 radical (unpaired) electrons. The van der Waals surface area contributed by atoms with E-state index in [1.165, 1.54) is 0 Å². The molecule has 0 heterocycles. The van der Waals surface area contributed by atoms with E-state index in [2.05, 4.69) is 4.74 Å². The molecule has 0 spiro atoms. The summed E-state index contributed by atoms with van der Waals surface area (Å²) in [6.45, 7) is 2.27. The minimum absolute atomic E-state index is 0.116. The first-order valence-corrected chi connectivity index (χ1v) is 5.44. The third-order valence-electron chi connectivity index (χ3n) is 2.15. The summed E-state index contributed by atoms with van der Waals surface area (Å²) in [6.07, 6.45) is 2.48. The van der Waals surface area contributed by atoms with Crippen molar-refractivity contribution >= 4 is 12.2 Å². The Bertz CT molecular complexity index is 221. The van der Waals surface area contributed by atoms with Crippen molar-refractivity contribution in [2.75, 3.05) is 6.61 Å². The molecule has 0 aliphatic heterocycles. The first-order valence-electron chi connectivity index (χ1n) is 5.44. The first kappa shape index (κ1) is 14.5. The molecule has 1 atom stereocenters. The van der Waals surface area contributed by atoms with E-state index in [1.807, 2.05) is 6.92 Å². The molecule has 2 amide bonds. The van der Waals surface area contributed by atoms with Gasteiger partial charge in [0.1, 0.15) is 6.10 Å². The molecular formula is C10H20N2O4. The van der Waals surface area contributed by atoms with Crippen LogP contribution in [0.15, 0.2) is 0 Å². The summed E-state index contributed by atoms with van der Waals surface area (Å²) in [5.41, 5.74) is 9.72. The van der Waals surface area contributed by atoms with Gasteiger partial charge in [-0.15, -0.1) is 0 Å². The van der Waals surface area contributed by atoms with Gasteiger partial charge in [-0.25, -0.2) is 9.59 Å². The Hall–Kier alpha value is -1.46. The fourth-order valence-corrected chi connectivity index (χ4v) is 1.33. The summed E-state index contributed by atoms with van der Waals surface area (Å²) in [5.74, 6) is 0. The molecule has 0 saturated carbocycles. The third kappa shape index (κ3) is 9.11. The Balaban J connectivity index is 3.41. The van der Waals surface area contributed by atoms with Gasteiger partial charge in [0.2, 0.25) is 0 Å². The van der Waals surface area contributed by atoms with Crippen LogP contribution < -0.4 is 11.5 Å². The lowest BCUT2D eigenvalue weighted by molar-refractivity contribution is 0.0961. The van der Waals surface area contributed by atoms with E-state index in [9.17, 15) is 9.59 Å². The molecular weight excluding hydrogens is 212 g/mol. The molecule has 0 aromatic rings. The third-order valence-corrected chi connectivity index (χ3v) is 2.15.